The number of phenolic OH excluding ortho intramolecular Hbond substituents is 1. The molecule has 0 radical (unpaired) electrons. The number of benzene rings is 3. The number of aryl methyl sites for hydroxylation is 2. The first-order valence-corrected chi connectivity index (χ1v) is 8.79. The monoisotopic (exact) mass is 365 g/mol. The number of nitrogens with two attached hydrogens (primary N) is 1. The van der Waals surface area contributed by atoms with Crippen molar-refractivity contribution in [3.05, 3.63) is 76.8 Å². The van der Waals surface area contributed by atoms with Crippen molar-refractivity contribution >= 4 is 17.5 Å². The molecule has 0 saturated heterocycles. The van der Waals surface area contributed by atoms with E-state index in [1.807, 2.05) is 55.5 Å². The van der Waals surface area contributed by atoms with Crippen LogP contribution in [0.4, 0.5) is 0 Å². The van der Waals surface area contributed by atoms with Crippen LogP contribution >= 0.6 is 11.6 Å². The predicted octanol–water partition coefficient (Wildman–Crippen LogP) is 5.11. The Hall–Kier alpha value is -2.78. The molecule has 3 nitrogen and oxygen atoms in total. The van der Waals surface area contributed by atoms with Crippen molar-refractivity contribution in [2.45, 2.75) is 19.8 Å². The fraction of sp³-hybridized carbons (Fsp3) is 0.136. The maximum atomic E-state index is 11.3. The van der Waals surface area contributed by atoms with E-state index in [1.165, 1.54) is 0 Å². The molecule has 3 aromatic carbocycles. The van der Waals surface area contributed by atoms with Crippen molar-refractivity contribution in [1.82, 2.24) is 0 Å². The molecule has 1 amide bonds. The lowest BCUT2D eigenvalue weighted by Crippen LogP contribution is -2.11. The van der Waals surface area contributed by atoms with Gasteiger partial charge in [-0.25, -0.2) is 0 Å². The Morgan fingerprint density at radius 2 is 1.73 bits per heavy atom. The van der Waals surface area contributed by atoms with Gasteiger partial charge in [-0.2, -0.15) is 0 Å². The summed E-state index contributed by atoms with van der Waals surface area (Å²) in [5.74, 6) is -0.286. The number of rotatable bonds is 5. The molecule has 3 rings (SSSR count). The minimum absolute atomic E-state index is 0.0506. The second kappa shape index (κ2) is 7.63. The van der Waals surface area contributed by atoms with Gasteiger partial charge >= 0.3 is 0 Å². The summed E-state index contributed by atoms with van der Waals surface area (Å²) in [7, 11) is 0. The van der Waals surface area contributed by atoms with Crippen molar-refractivity contribution in [2.24, 2.45) is 5.73 Å². The summed E-state index contributed by atoms with van der Waals surface area (Å²) in [6.45, 7) is 1.85. The zero-order valence-corrected chi connectivity index (χ0v) is 15.3. The van der Waals surface area contributed by atoms with E-state index in [-0.39, 0.29) is 18.1 Å². The molecule has 132 valence electrons. The molecule has 26 heavy (non-hydrogen) atoms. The predicted molar refractivity (Wildman–Crippen MR) is 106 cm³/mol. The molecule has 0 saturated carbocycles. The van der Waals surface area contributed by atoms with Crippen LogP contribution < -0.4 is 5.73 Å². The number of primary amides is 1. The minimum atomic E-state index is -0.337. The van der Waals surface area contributed by atoms with Crippen molar-refractivity contribution in [3.8, 4) is 28.0 Å². The first kappa shape index (κ1) is 18.0. The van der Waals surface area contributed by atoms with Crippen LogP contribution in [0.2, 0.25) is 5.02 Å². The average molecular weight is 366 g/mol. The van der Waals surface area contributed by atoms with E-state index >= 15 is 0 Å². The molecule has 0 aliphatic rings. The molecule has 0 atom stereocenters. The van der Waals surface area contributed by atoms with Crippen LogP contribution in [0.5, 0.6) is 5.75 Å². The number of hydrogen-bond acceptors (Lipinski definition) is 2. The number of amides is 1. The molecule has 0 fully saturated rings. The van der Waals surface area contributed by atoms with Crippen LogP contribution in [0.3, 0.4) is 0 Å². The second-order valence-electron chi connectivity index (χ2n) is 6.33. The second-order valence-corrected chi connectivity index (χ2v) is 6.71. The van der Waals surface area contributed by atoms with Crippen LogP contribution in [0.25, 0.3) is 22.3 Å². The number of carbonyl (C=O) groups excluding carboxylic acids is 1. The number of phenols is 1. The normalized spacial score (nSPS) is 10.7. The van der Waals surface area contributed by atoms with E-state index in [1.54, 1.807) is 6.07 Å². The Morgan fingerprint density at radius 1 is 1.00 bits per heavy atom. The van der Waals surface area contributed by atoms with Gasteiger partial charge in [0.05, 0.1) is 5.02 Å². The fourth-order valence-electron chi connectivity index (χ4n) is 3.06. The number of halogens is 1. The van der Waals surface area contributed by atoms with Gasteiger partial charge in [0, 0.05) is 6.42 Å². The number of hydrogen-bond donors (Lipinski definition) is 2. The van der Waals surface area contributed by atoms with Gasteiger partial charge in [0.1, 0.15) is 5.75 Å². The van der Waals surface area contributed by atoms with E-state index in [0.717, 1.165) is 33.4 Å². The summed E-state index contributed by atoms with van der Waals surface area (Å²) in [5.41, 5.74) is 11.2. The molecule has 3 aromatic rings. The van der Waals surface area contributed by atoms with E-state index < -0.39 is 0 Å². The van der Waals surface area contributed by atoms with Crippen molar-refractivity contribution in [2.75, 3.05) is 0 Å². The summed E-state index contributed by atoms with van der Waals surface area (Å²) in [6.07, 6.45) is 0.803. The molecular formula is C22H20ClNO2. The quantitative estimate of drug-likeness (QED) is 0.660. The zero-order chi connectivity index (χ0) is 18.7. The van der Waals surface area contributed by atoms with Crippen molar-refractivity contribution in [3.63, 3.8) is 0 Å². The molecule has 0 aliphatic carbocycles. The topological polar surface area (TPSA) is 63.3 Å². The van der Waals surface area contributed by atoms with E-state index in [2.05, 4.69) is 6.07 Å². The summed E-state index contributed by atoms with van der Waals surface area (Å²) in [4.78, 5) is 11.3. The minimum Gasteiger partial charge on any atom is -0.506 e. The number of carbonyl (C=O) groups is 1. The van der Waals surface area contributed by atoms with Crippen molar-refractivity contribution < 1.29 is 9.90 Å². The summed E-state index contributed by atoms with van der Waals surface area (Å²) in [5, 5.41) is 10.4. The maximum Gasteiger partial charge on any atom is 0.217 e. The van der Waals surface area contributed by atoms with Crippen LogP contribution in [-0.4, -0.2) is 11.0 Å². The van der Waals surface area contributed by atoms with Crippen LogP contribution in [-0.2, 0) is 11.2 Å². The van der Waals surface area contributed by atoms with Crippen LogP contribution in [0.1, 0.15) is 17.5 Å². The standard InChI is InChI=1S/C22H20ClNO2/c1-14-11-18(13-20(25)22(14)23)19-9-7-16(15-5-3-2-4-6-15)12-17(19)8-10-21(24)26/h2-7,9,11-13,25H,8,10H2,1H3,(H2,24,26). The molecule has 0 aliphatic heterocycles. The van der Waals surface area contributed by atoms with E-state index in [0.29, 0.717) is 11.4 Å². The van der Waals surface area contributed by atoms with Gasteiger partial charge in [0.15, 0.2) is 0 Å². The average Bonchev–Trinajstić information content (AvgIpc) is 2.64. The van der Waals surface area contributed by atoms with Gasteiger partial charge in [-0.15, -0.1) is 0 Å². The van der Waals surface area contributed by atoms with Gasteiger partial charge < -0.3 is 10.8 Å². The first-order chi connectivity index (χ1) is 12.5. The van der Waals surface area contributed by atoms with Gasteiger partial charge in [-0.3, -0.25) is 4.79 Å². The Labute approximate surface area is 158 Å². The lowest BCUT2D eigenvalue weighted by Gasteiger charge is -2.14. The summed E-state index contributed by atoms with van der Waals surface area (Å²) >= 11 is 6.07. The highest BCUT2D eigenvalue weighted by Crippen LogP contribution is 2.36. The molecular weight excluding hydrogens is 346 g/mol. The third-order valence-electron chi connectivity index (χ3n) is 4.40. The molecule has 0 aromatic heterocycles. The Kier molecular flexibility index (Phi) is 5.29. The zero-order valence-electron chi connectivity index (χ0n) is 14.5. The van der Waals surface area contributed by atoms with Crippen LogP contribution in [0.15, 0.2) is 60.7 Å². The molecule has 0 heterocycles. The molecule has 4 heteroatoms. The molecule has 0 bridgehead atoms. The third-order valence-corrected chi connectivity index (χ3v) is 4.89. The summed E-state index contributed by atoms with van der Waals surface area (Å²) < 4.78 is 0. The first-order valence-electron chi connectivity index (χ1n) is 8.42. The lowest BCUT2D eigenvalue weighted by atomic mass is 9.92. The Morgan fingerprint density at radius 3 is 2.38 bits per heavy atom. The third kappa shape index (κ3) is 3.89. The number of aromatic hydroxyl groups is 1. The highest BCUT2D eigenvalue weighted by Gasteiger charge is 2.12. The van der Waals surface area contributed by atoms with Gasteiger partial charge in [0.25, 0.3) is 0 Å². The van der Waals surface area contributed by atoms with Crippen molar-refractivity contribution in [1.29, 1.82) is 0 Å². The lowest BCUT2D eigenvalue weighted by molar-refractivity contribution is -0.117. The maximum absolute atomic E-state index is 11.3. The largest absolute Gasteiger partial charge is 0.506 e. The Bertz CT molecular complexity index is 929. The van der Waals surface area contributed by atoms with Gasteiger partial charge in [-0.1, -0.05) is 60.1 Å². The SMILES string of the molecule is Cc1cc(-c2ccc(-c3ccccc3)cc2CCC(N)=O)cc(O)c1Cl. The smallest absolute Gasteiger partial charge is 0.217 e. The fourth-order valence-corrected chi connectivity index (χ4v) is 3.17. The summed E-state index contributed by atoms with van der Waals surface area (Å²) in [6, 6.07) is 19.8. The Balaban J connectivity index is 2.10. The van der Waals surface area contributed by atoms with E-state index in [4.69, 9.17) is 17.3 Å². The molecule has 3 N–H and O–H groups in total. The molecule has 0 unspecified atom stereocenters. The van der Waals surface area contributed by atoms with Gasteiger partial charge in [-0.05, 0) is 58.9 Å². The van der Waals surface area contributed by atoms with Crippen LogP contribution in [0, 0.1) is 6.92 Å². The molecule has 0 spiro atoms. The highest BCUT2D eigenvalue weighted by atomic mass is 35.5. The van der Waals surface area contributed by atoms with E-state index in [9.17, 15) is 9.90 Å². The van der Waals surface area contributed by atoms with Gasteiger partial charge in [0.2, 0.25) is 5.91 Å². The highest BCUT2D eigenvalue weighted by molar-refractivity contribution is 6.32.